The van der Waals surface area contributed by atoms with Crippen LogP contribution in [0.1, 0.15) is 24.8 Å². The van der Waals surface area contributed by atoms with Gasteiger partial charge in [-0.05, 0) is 37.0 Å². The van der Waals surface area contributed by atoms with Crippen LogP contribution in [0, 0.1) is 0 Å². The summed E-state index contributed by atoms with van der Waals surface area (Å²) in [6.07, 6.45) is 3.72. The van der Waals surface area contributed by atoms with Gasteiger partial charge in [0.1, 0.15) is 0 Å². The zero-order valence-electron chi connectivity index (χ0n) is 11.3. The molecule has 2 N–H and O–H groups in total. The van der Waals surface area contributed by atoms with Crippen molar-refractivity contribution in [3.8, 4) is 0 Å². The summed E-state index contributed by atoms with van der Waals surface area (Å²) in [4.78, 5) is 6.61. The van der Waals surface area contributed by atoms with E-state index in [4.69, 9.17) is 5.73 Å². The van der Waals surface area contributed by atoms with Gasteiger partial charge in [0, 0.05) is 17.6 Å². The molecule has 1 aliphatic heterocycles. The zero-order valence-corrected chi connectivity index (χ0v) is 12.9. The summed E-state index contributed by atoms with van der Waals surface area (Å²) in [6.45, 7) is 2.71. The molecular formula is C14H18BrN5. The predicted octanol–water partition coefficient (Wildman–Crippen LogP) is 2.66. The van der Waals surface area contributed by atoms with Crippen LogP contribution in [0.5, 0.6) is 0 Å². The van der Waals surface area contributed by atoms with Crippen LogP contribution in [-0.4, -0.2) is 27.9 Å². The number of rotatable bonds is 3. The van der Waals surface area contributed by atoms with Gasteiger partial charge in [-0.3, -0.25) is 0 Å². The number of hydrogen-bond donors (Lipinski definition) is 1. The van der Waals surface area contributed by atoms with Crippen LogP contribution in [0.25, 0.3) is 0 Å². The summed E-state index contributed by atoms with van der Waals surface area (Å²) in [5.74, 6) is 1.24. The molecule has 0 saturated carbocycles. The molecule has 2 aromatic rings. The first-order valence-electron chi connectivity index (χ1n) is 6.92. The smallest absolute Gasteiger partial charge is 0.246 e. The largest absolute Gasteiger partial charge is 0.368 e. The van der Waals surface area contributed by atoms with E-state index in [1.807, 2.05) is 12.1 Å². The van der Waals surface area contributed by atoms with Gasteiger partial charge in [0.2, 0.25) is 11.9 Å². The van der Waals surface area contributed by atoms with Crippen molar-refractivity contribution < 1.29 is 0 Å². The Morgan fingerprint density at radius 3 is 2.50 bits per heavy atom. The second-order valence-electron chi connectivity index (χ2n) is 5.10. The van der Waals surface area contributed by atoms with Gasteiger partial charge in [-0.1, -0.05) is 28.1 Å². The lowest BCUT2D eigenvalue weighted by Gasteiger charge is -2.24. The maximum absolute atomic E-state index is 5.98. The molecule has 3 rings (SSSR count). The fourth-order valence-corrected chi connectivity index (χ4v) is 2.71. The zero-order chi connectivity index (χ0) is 13.9. The van der Waals surface area contributed by atoms with Crippen molar-refractivity contribution in [2.24, 2.45) is 0 Å². The Labute approximate surface area is 126 Å². The van der Waals surface area contributed by atoms with Gasteiger partial charge in [-0.2, -0.15) is 4.98 Å². The van der Waals surface area contributed by atoms with Gasteiger partial charge in [0.15, 0.2) is 0 Å². The van der Waals surface area contributed by atoms with Crippen LogP contribution in [0.3, 0.4) is 0 Å². The van der Waals surface area contributed by atoms with E-state index in [9.17, 15) is 0 Å². The molecule has 0 aliphatic carbocycles. The number of nitrogens with zero attached hydrogens (tertiary/aromatic N) is 4. The van der Waals surface area contributed by atoms with E-state index in [0.29, 0.717) is 12.5 Å². The van der Waals surface area contributed by atoms with Gasteiger partial charge in [0.25, 0.3) is 0 Å². The van der Waals surface area contributed by atoms with Gasteiger partial charge < -0.3 is 10.6 Å². The highest BCUT2D eigenvalue weighted by molar-refractivity contribution is 9.10. The minimum atomic E-state index is 0.480. The third-order valence-electron chi connectivity index (χ3n) is 3.57. The van der Waals surface area contributed by atoms with Gasteiger partial charge in [-0.15, -0.1) is 5.10 Å². The minimum Gasteiger partial charge on any atom is -0.368 e. The Balaban J connectivity index is 1.76. The Bertz CT molecular complexity index is 572. The Hall–Kier alpha value is -1.56. The monoisotopic (exact) mass is 335 g/mol. The standard InChI is InChI=1S/C14H18BrN5/c15-12-6-4-11(5-7-12)10-20-13(16)17-14(18-20)19-8-2-1-3-9-19/h4-7H,1-3,8-10H2,(H2,16,17,18). The maximum atomic E-state index is 5.98. The van der Waals surface area contributed by atoms with Crippen molar-refractivity contribution in [1.82, 2.24) is 14.8 Å². The molecule has 0 radical (unpaired) electrons. The molecule has 0 unspecified atom stereocenters. The number of halogens is 1. The summed E-state index contributed by atoms with van der Waals surface area (Å²) < 4.78 is 2.84. The minimum absolute atomic E-state index is 0.480. The summed E-state index contributed by atoms with van der Waals surface area (Å²) in [5, 5.41) is 4.55. The van der Waals surface area contributed by atoms with Crippen molar-refractivity contribution in [1.29, 1.82) is 0 Å². The molecule has 20 heavy (non-hydrogen) atoms. The molecular weight excluding hydrogens is 318 g/mol. The lowest BCUT2D eigenvalue weighted by atomic mass is 10.1. The Morgan fingerprint density at radius 1 is 1.10 bits per heavy atom. The van der Waals surface area contributed by atoms with Crippen LogP contribution in [-0.2, 0) is 6.54 Å². The molecule has 0 atom stereocenters. The molecule has 1 saturated heterocycles. The van der Waals surface area contributed by atoms with E-state index >= 15 is 0 Å². The molecule has 2 heterocycles. The van der Waals surface area contributed by atoms with Crippen LogP contribution in [0.4, 0.5) is 11.9 Å². The van der Waals surface area contributed by atoms with Gasteiger partial charge in [-0.25, -0.2) is 4.68 Å². The molecule has 0 spiro atoms. The second-order valence-corrected chi connectivity index (χ2v) is 6.02. The van der Waals surface area contributed by atoms with Crippen molar-refractivity contribution in [3.63, 3.8) is 0 Å². The number of piperidine rings is 1. The first-order valence-corrected chi connectivity index (χ1v) is 7.71. The fraction of sp³-hybridized carbons (Fsp3) is 0.429. The average Bonchev–Trinajstić information content (AvgIpc) is 2.84. The normalized spacial score (nSPS) is 15.6. The molecule has 1 aliphatic rings. The summed E-state index contributed by atoms with van der Waals surface area (Å²) >= 11 is 3.44. The van der Waals surface area contributed by atoms with E-state index in [1.165, 1.54) is 19.3 Å². The van der Waals surface area contributed by atoms with Crippen molar-refractivity contribution in [2.75, 3.05) is 23.7 Å². The van der Waals surface area contributed by atoms with Crippen molar-refractivity contribution in [2.45, 2.75) is 25.8 Å². The SMILES string of the molecule is Nc1nc(N2CCCCC2)nn1Cc1ccc(Br)cc1. The van der Waals surface area contributed by atoms with E-state index < -0.39 is 0 Å². The van der Waals surface area contributed by atoms with Crippen LogP contribution in [0.2, 0.25) is 0 Å². The van der Waals surface area contributed by atoms with Gasteiger partial charge in [0.05, 0.1) is 6.54 Å². The van der Waals surface area contributed by atoms with Crippen LogP contribution in [0.15, 0.2) is 28.7 Å². The van der Waals surface area contributed by atoms with E-state index in [-0.39, 0.29) is 0 Å². The summed E-state index contributed by atoms with van der Waals surface area (Å²) in [5.41, 5.74) is 7.14. The number of hydrogen-bond acceptors (Lipinski definition) is 4. The first kappa shape index (κ1) is 13.4. The highest BCUT2D eigenvalue weighted by Crippen LogP contribution is 2.18. The van der Waals surface area contributed by atoms with Crippen molar-refractivity contribution in [3.05, 3.63) is 34.3 Å². The quantitative estimate of drug-likeness (QED) is 0.936. The fourth-order valence-electron chi connectivity index (χ4n) is 2.45. The lowest BCUT2D eigenvalue weighted by molar-refractivity contribution is 0.564. The molecule has 6 heteroatoms. The van der Waals surface area contributed by atoms with Crippen molar-refractivity contribution >= 4 is 27.8 Å². The van der Waals surface area contributed by atoms with Crippen LogP contribution < -0.4 is 10.6 Å². The van der Waals surface area contributed by atoms with E-state index in [0.717, 1.165) is 29.1 Å². The third-order valence-corrected chi connectivity index (χ3v) is 4.10. The predicted molar refractivity (Wildman–Crippen MR) is 83.7 cm³/mol. The van der Waals surface area contributed by atoms with E-state index in [1.54, 1.807) is 4.68 Å². The van der Waals surface area contributed by atoms with Crippen LogP contribution >= 0.6 is 15.9 Å². The third kappa shape index (κ3) is 2.95. The van der Waals surface area contributed by atoms with E-state index in [2.05, 4.69) is 43.0 Å². The number of benzene rings is 1. The molecule has 1 aromatic heterocycles. The molecule has 106 valence electrons. The Kier molecular flexibility index (Phi) is 3.91. The topological polar surface area (TPSA) is 60.0 Å². The summed E-state index contributed by atoms with van der Waals surface area (Å²) in [7, 11) is 0. The molecule has 0 amide bonds. The summed E-state index contributed by atoms with van der Waals surface area (Å²) in [6, 6.07) is 8.17. The highest BCUT2D eigenvalue weighted by atomic mass is 79.9. The number of anilines is 2. The highest BCUT2D eigenvalue weighted by Gasteiger charge is 2.16. The Morgan fingerprint density at radius 2 is 1.80 bits per heavy atom. The molecule has 5 nitrogen and oxygen atoms in total. The number of nitrogens with two attached hydrogens (primary N) is 1. The molecule has 1 aromatic carbocycles. The number of aromatic nitrogens is 3. The maximum Gasteiger partial charge on any atom is 0.246 e. The molecule has 0 bridgehead atoms. The number of nitrogen functional groups attached to an aromatic ring is 1. The molecule has 1 fully saturated rings. The second kappa shape index (κ2) is 5.83. The average molecular weight is 336 g/mol. The lowest BCUT2D eigenvalue weighted by Crippen LogP contribution is -2.30. The van der Waals surface area contributed by atoms with Gasteiger partial charge >= 0.3 is 0 Å². The first-order chi connectivity index (χ1) is 9.72.